The molecule has 0 saturated heterocycles. The molecule has 1 aromatic carbocycles. The van der Waals surface area contributed by atoms with Crippen LogP contribution in [0.3, 0.4) is 0 Å². The number of anilines is 1. The first-order valence-electron chi connectivity index (χ1n) is 5.07. The Labute approximate surface area is 113 Å². The third-order valence-electron chi connectivity index (χ3n) is 1.98. The summed E-state index contributed by atoms with van der Waals surface area (Å²) in [5, 5.41) is 0.553. The quantitative estimate of drug-likeness (QED) is 0.867. The van der Waals surface area contributed by atoms with E-state index in [9.17, 15) is 4.39 Å². The zero-order valence-electron chi connectivity index (χ0n) is 9.76. The third-order valence-corrected chi connectivity index (χ3v) is 3.00. The molecule has 0 unspecified atom stereocenters. The van der Waals surface area contributed by atoms with Crippen molar-refractivity contribution in [3.8, 4) is 0 Å². The number of nitrogens with zero attached hydrogens (tertiary/aromatic N) is 4. The van der Waals surface area contributed by atoms with Crippen molar-refractivity contribution in [2.24, 2.45) is 0 Å². The molecule has 0 N–H and O–H groups in total. The van der Waals surface area contributed by atoms with E-state index in [2.05, 4.69) is 15.0 Å². The molecule has 1 heterocycles. The Morgan fingerprint density at radius 2 is 2.00 bits per heavy atom. The van der Waals surface area contributed by atoms with Crippen LogP contribution in [-0.4, -0.2) is 29.0 Å². The molecule has 0 spiro atoms. The maximum absolute atomic E-state index is 13.1. The monoisotopic (exact) mass is 284 g/mol. The third kappa shape index (κ3) is 3.30. The molecular weight excluding hydrogens is 275 g/mol. The van der Waals surface area contributed by atoms with Crippen LogP contribution in [0.2, 0.25) is 5.28 Å². The van der Waals surface area contributed by atoms with Gasteiger partial charge in [0.15, 0.2) is 5.16 Å². The van der Waals surface area contributed by atoms with Crippen molar-refractivity contribution >= 4 is 29.3 Å². The van der Waals surface area contributed by atoms with Crippen molar-refractivity contribution in [2.75, 3.05) is 19.0 Å². The highest BCUT2D eigenvalue weighted by Crippen LogP contribution is 2.26. The predicted molar refractivity (Wildman–Crippen MR) is 69.7 cm³/mol. The van der Waals surface area contributed by atoms with Crippen LogP contribution in [0, 0.1) is 5.82 Å². The average Bonchev–Trinajstić information content (AvgIpc) is 2.28. The minimum atomic E-state index is -0.298. The highest BCUT2D eigenvalue weighted by atomic mass is 35.5. The van der Waals surface area contributed by atoms with E-state index >= 15 is 0 Å². The number of hydrogen-bond acceptors (Lipinski definition) is 5. The van der Waals surface area contributed by atoms with Crippen molar-refractivity contribution in [3.63, 3.8) is 0 Å². The normalized spacial score (nSPS) is 10.4. The first kappa shape index (κ1) is 13.0. The van der Waals surface area contributed by atoms with E-state index in [1.807, 2.05) is 14.1 Å². The van der Waals surface area contributed by atoms with Gasteiger partial charge in [-0.3, -0.25) is 0 Å². The Balaban J connectivity index is 2.29. The molecule has 0 aliphatic rings. The summed E-state index contributed by atoms with van der Waals surface area (Å²) in [4.78, 5) is 14.6. The van der Waals surface area contributed by atoms with Crippen molar-refractivity contribution in [3.05, 3.63) is 35.4 Å². The van der Waals surface area contributed by atoms with Gasteiger partial charge in [-0.2, -0.15) is 15.0 Å². The maximum atomic E-state index is 13.1. The Morgan fingerprint density at radius 3 is 2.67 bits per heavy atom. The van der Waals surface area contributed by atoms with Crippen LogP contribution < -0.4 is 4.90 Å². The molecule has 2 aromatic rings. The van der Waals surface area contributed by atoms with E-state index in [0.29, 0.717) is 16.0 Å². The molecule has 0 fully saturated rings. The van der Waals surface area contributed by atoms with Crippen molar-refractivity contribution in [2.45, 2.75) is 10.1 Å². The second-order valence-corrected chi connectivity index (χ2v) is 5.02. The van der Waals surface area contributed by atoms with Crippen molar-refractivity contribution in [1.29, 1.82) is 0 Å². The van der Waals surface area contributed by atoms with Gasteiger partial charge in [0.05, 0.1) is 0 Å². The molecule has 94 valence electrons. The van der Waals surface area contributed by atoms with Crippen LogP contribution in [0.5, 0.6) is 0 Å². The zero-order valence-corrected chi connectivity index (χ0v) is 11.3. The standard InChI is InChI=1S/C11H10ClFN4S/c1-17(2)10-14-9(12)15-11(16-10)18-8-5-3-4-7(13)6-8/h3-6H,1-2H3. The van der Waals surface area contributed by atoms with E-state index < -0.39 is 0 Å². The summed E-state index contributed by atoms with van der Waals surface area (Å²) in [5.74, 6) is 0.168. The van der Waals surface area contributed by atoms with Crippen LogP contribution in [0.4, 0.5) is 10.3 Å². The van der Waals surface area contributed by atoms with Crippen LogP contribution >= 0.6 is 23.4 Å². The fourth-order valence-corrected chi connectivity index (χ4v) is 2.20. The summed E-state index contributed by atoms with van der Waals surface area (Å²) in [5.41, 5.74) is 0. The minimum Gasteiger partial charge on any atom is -0.347 e. The second kappa shape index (κ2) is 5.49. The van der Waals surface area contributed by atoms with Gasteiger partial charge in [0.2, 0.25) is 11.2 Å². The molecular formula is C11H10ClFN4S. The molecule has 1 aromatic heterocycles. The highest BCUT2D eigenvalue weighted by Gasteiger charge is 2.08. The van der Waals surface area contributed by atoms with Gasteiger partial charge in [0.25, 0.3) is 0 Å². The fourth-order valence-electron chi connectivity index (χ4n) is 1.20. The average molecular weight is 285 g/mol. The topological polar surface area (TPSA) is 41.9 Å². The van der Waals surface area contributed by atoms with Gasteiger partial charge in [0, 0.05) is 19.0 Å². The first-order chi connectivity index (χ1) is 8.54. The predicted octanol–water partition coefficient (Wildman–Crippen LogP) is 2.88. The number of rotatable bonds is 3. The highest BCUT2D eigenvalue weighted by molar-refractivity contribution is 7.99. The largest absolute Gasteiger partial charge is 0.347 e. The van der Waals surface area contributed by atoms with E-state index in [-0.39, 0.29) is 11.1 Å². The second-order valence-electron chi connectivity index (χ2n) is 3.64. The lowest BCUT2D eigenvalue weighted by Gasteiger charge is -2.10. The number of halogens is 2. The summed E-state index contributed by atoms with van der Waals surface area (Å²) in [6, 6.07) is 6.21. The maximum Gasteiger partial charge on any atom is 0.230 e. The summed E-state index contributed by atoms with van der Waals surface area (Å²) >= 11 is 7.05. The van der Waals surface area contributed by atoms with Crippen molar-refractivity contribution < 1.29 is 4.39 Å². The minimum absolute atomic E-state index is 0.118. The van der Waals surface area contributed by atoms with Gasteiger partial charge in [-0.15, -0.1) is 0 Å². The van der Waals surface area contributed by atoms with E-state index in [1.54, 1.807) is 17.0 Å². The molecule has 7 heteroatoms. The number of benzene rings is 1. The number of aromatic nitrogens is 3. The lowest BCUT2D eigenvalue weighted by atomic mass is 10.4. The van der Waals surface area contributed by atoms with E-state index in [4.69, 9.17) is 11.6 Å². The smallest absolute Gasteiger partial charge is 0.230 e. The van der Waals surface area contributed by atoms with Gasteiger partial charge >= 0.3 is 0 Å². The fraction of sp³-hybridized carbons (Fsp3) is 0.182. The summed E-state index contributed by atoms with van der Waals surface area (Å²) in [7, 11) is 3.62. The molecule has 18 heavy (non-hydrogen) atoms. The van der Waals surface area contributed by atoms with Gasteiger partial charge in [-0.05, 0) is 41.6 Å². The summed E-state index contributed by atoms with van der Waals surface area (Å²) in [6.07, 6.45) is 0. The first-order valence-corrected chi connectivity index (χ1v) is 6.26. The molecule has 0 aliphatic carbocycles. The zero-order chi connectivity index (χ0) is 13.1. The van der Waals surface area contributed by atoms with E-state index in [1.165, 1.54) is 23.9 Å². The van der Waals surface area contributed by atoms with Crippen LogP contribution in [0.15, 0.2) is 34.3 Å². The Hall–Kier alpha value is -1.40. The van der Waals surface area contributed by atoms with Gasteiger partial charge in [-0.1, -0.05) is 6.07 Å². The molecule has 0 atom stereocenters. The molecule has 0 saturated carbocycles. The SMILES string of the molecule is CN(C)c1nc(Cl)nc(Sc2cccc(F)c2)n1. The van der Waals surface area contributed by atoms with E-state index in [0.717, 1.165) is 0 Å². The Bertz CT molecular complexity index is 564. The molecule has 0 aliphatic heterocycles. The van der Waals surface area contributed by atoms with Gasteiger partial charge in [-0.25, -0.2) is 4.39 Å². The molecule has 0 amide bonds. The lowest BCUT2D eigenvalue weighted by molar-refractivity contribution is 0.624. The van der Waals surface area contributed by atoms with Gasteiger partial charge in [0.1, 0.15) is 5.82 Å². The van der Waals surface area contributed by atoms with Crippen LogP contribution in [0.25, 0.3) is 0 Å². The van der Waals surface area contributed by atoms with Crippen LogP contribution in [-0.2, 0) is 0 Å². The van der Waals surface area contributed by atoms with Crippen molar-refractivity contribution in [1.82, 2.24) is 15.0 Å². The molecule has 0 bridgehead atoms. The Kier molecular flexibility index (Phi) is 3.98. The van der Waals surface area contributed by atoms with Crippen LogP contribution in [0.1, 0.15) is 0 Å². The molecule has 2 rings (SSSR count). The summed E-state index contributed by atoms with van der Waals surface area (Å²) in [6.45, 7) is 0. The number of hydrogen-bond donors (Lipinski definition) is 0. The summed E-state index contributed by atoms with van der Waals surface area (Å²) < 4.78 is 13.1. The molecule has 0 radical (unpaired) electrons. The molecule has 4 nitrogen and oxygen atoms in total. The van der Waals surface area contributed by atoms with Gasteiger partial charge < -0.3 is 4.90 Å². The lowest BCUT2D eigenvalue weighted by Crippen LogP contribution is -2.13. The Morgan fingerprint density at radius 1 is 1.22 bits per heavy atom.